The largest absolute Gasteiger partial charge is 0.352 e. The number of thiazole rings is 1. The number of rotatable bonds is 5. The summed E-state index contributed by atoms with van der Waals surface area (Å²) in [5.41, 5.74) is 3.05. The topological polar surface area (TPSA) is 96.0 Å². The molecule has 1 atom stereocenters. The van der Waals surface area contributed by atoms with E-state index in [9.17, 15) is 9.59 Å². The van der Waals surface area contributed by atoms with Crippen LogP contribution in [0.15, 0.2) is 41.2 Å². The minimum absolute atomic E-state index is 0.180. The summed E-state index contributed by atoms with van der Waals surface area (Å²) >= 11 is 1.56. The second-order valence-electron chi connectivity index (χ2n) is 5.75. The molecule has 3 amide bonds. The van der Waals surface area contributed by atoms with Crippen LogP contribution in [0.25, 0.3) is 10.6 Å². The molecule has 1 unspecified atom stereocenters. The van der Waals surface area contributed by atoms with Gasteiger partial charge in [-0.05, 0) is 26.0 Å². The molecule has 0 fully saturated rings. The Hall–Kier alpha value is -2.74. The zero-order valence-electron chi connectivity index (χ0n) is 14.0. The van der Waals surface area contributed by atoms with Crippen molar-refractivity contribution in [2.75, 3.05) is 6.54 Å². The van der Waals surface area contributed by atoms with Crippen LogP contribution in [0.2, 0.25) is 0 Å². The van der Waals surface area contributed by atoms with E-state index < -0.39 is 0 Å². The minimum Gasteiger partial charge on any atom is -0.352 e. The summed E-state index contributed by atoms with van der Waals surface area (Å²) in [5, 5.41) is 11.1. The van der Waals surface area contributed by atoms with Crippen LogP contribution in [-0.4, -0.2) is 34.5 Å². The SMILES string of the molecule is CC1=C(C(=O)NCCc2csc(-c3cccnc3)n2)C(C)NC(=O)N1. The Labute approximate surface area is 149 Å². The second kappa shape index (κ2) is 7.43. The minimum atomic E-state index is -0.315. The summed E-state index contributed by atoms with van der Waals surface area (Å²) < 4.78 is 0. The number of nitrogens with one attached hydrogen (secondary N) is 3. The molecule has 0 bridgehead atoms. The lowest BCUT2D eigenvalue weighted by atomic mass is 10.0. The lowest BCUT2D eigenvalue weighted by molar-refractivity contribution is -0.117. The first-order valence-corrected chi connectivity index (χ1v) is 8.84. The van der Waals surface area contributed by atoms with Gasteiger partial charge in [0.2, 0.25) is 0 Å². The highest BCUT2D eigenvalue weighted by Crippen LogP contribution is 2.22. The summed E-state index contributed by atoms with van der Waals surface area (Å²) in [6, 6.07) is 3.25. The molecule has 8 heteroatoms. The Bertz CT molecular complexity index is 815. The lowest BCUT2D eigenvalue weighted by Gasteiger charge is -2.25. The van der Waals surface area contributed by atoms with E-state index >= 15 is 0 Å². The van der Waals surface area contributed by atoms with Crippen molar-refractivity contribution in [3.8, 4) is 10.6 Å². The number of carbonyl (C=O) groups is 2. The quantitative estimate of drug-likeness (QED) is 0.761. The highest BCUT2D eigenvalue weighted by molar-refractivity contribution is 7.13. The van der Waals surface area contributed by atoms with Crippen LogP contribution in [0.4, 0.5) is 4.79 Å². The molecular formula is C17H19N5O2S. The van der Waals surface area contributed by atoms with Gasteiger partial charge in [-0.3, -0.25) is 9.78 Å². The molecule has 1 aliphatic rings. The van der Waals surface area contributed by atoms with E-state index in [-0.39, 0.29) is 18.0 Å². The van der Waals surface area contributed by atoms with Gasteiger partial charge in [-0.2, -0.15) is 0 Å². The van der Waals surface area contributed by atoms with E-state index in [4.69, 9.17) is 0 Å². The van der Waals surface area contributed by atoms with Crippen LogP contribution < -0.4 is 16.0 Å². The van der Waals surface area contributed by atoms with E-state index in [2.05, 4.69) is 25.9 Å². The van der Waals surface area contributed by atoms with Crippen molar-refractivity contribution in [3.05, 3.63) is 46.9 Å². The summed E-state index contributed by atoms with van der Waals surface area (Å²) in [5.74, 6) is -0.180. The van der Waals surface area contributed by atoms with Crippen LogP contribution in [-0.2, 0) is 11.2 Å². The van der Waals surface area contributed by atoms with E-state index in [1.165, 1.54) is 0 Å². The predicted molar refractivity (Wildman–Crippen MR) is 95.9 cm³/mol. The molecule has 0 aromatic carbocycles. The standard InChI is InChI=1S/C17H19N5O2S/c1-10-14(11(2)21-17(24)20-10)15(23)19-7-5-13-9-25-16(22-13)12-4-3-6-18-8-12/h3-4,6,8-10H,5,7H2,1-2H3,(H,19,23)(H2,20,21,24). The maximum atomic E-state index is 12.4. The third-order valence-corrected chi connectivity index (χ3v) is 4.80. The molecule has 7 nitrogen and oxygen atoms in total. The number of aromatic nitrogens is 2. The third-order valence-electron chi connectivity index (χ3n) is 3.86. The van der Waals surface area contributed by atoms with Crippen LogP contribution in [0, 0.1) is 0 Å². The number of carbonyl (C=O) groups excluding carboxylic acids is 2. The Morgan fingerprint density at radius 1 is 1.44 bits per heavy atom. The molecule has 130 valence electrons. The number of allylic oxidation sites excluding steroid dienone is 1. The van der Waals surface area contributed by atoms with E-state index in [1.807, 2.05) is 17.5 Å². The smallest absolute Gasteiger partial charge is 0.319 e. The average molecular weight is 357 g/mol. The van der Waals surface area contributed by atoms with Gasteiger partial charge in [-0.15, -0.1) is 11.3 Å². The maximum Gasteiger partial charge on any atom is 0.319 e. The Morgan fingerprint density at radius 2 is 2.28 bits per heavy atom. The van der Waals surface area contributed by atoms with Gasteiger partial charge < -0.3 is 16.0 Å². The zero-order valence-corrected chi connectivity index (χ0v) is 14.8. The van der Waals surface area contributed by atoms with Gasteiger partial charge in [0.1, 0.15) is 5.01 Å². The van der Waals surface area contributed by atoms with Crippen molar-refractivity contribution >= 4 is 23.3 Å². The summed E-state index contributed by atoms with van der Waals surface area (Å²) in [6.45, 7) is 4.00. The molecule has 1 aliphatic heterocycles. The number of urea groups is 1. The zero-order chi connectivity index (χ0) is 17.8. The van der Waals surface area contributed by atoms with Crippen molar-refractivity contribution in [2.45, 2.75) is 26.3 Å². The summed E-state index contributed by atoms with van der Waals surface area (Å²) in [7, 11) is 0. The molecule has 3 heterocycles. The van der Waals surface area contributed by atoms with Gasteiger partial charge in [0.25, 0.3) is 5.91 Å². The highest BCUT2D eigenvalue weighted by Gasteiger charge is 2.26. The van der Waals surface area contributed by atoms with Gasteiger partial charge in [-0.25, -0.2) is 9.78 Å². The second-order valence-corrected chi connectivity index (χ2v) is 6.61. The molecule has 2 aromatic heterocycles. The molecule has 0 spiro atoms. The third kappa shape index (κ3) is 4.03. The molecule has 2 aromatic rings. The number of pyridine rings is 1. The van der Waals surface area contributed by atoms with Gasteiger partial charge in [0.05, 0.1) is 17.3 Å². The van der Waals surface area contributed by atoms with Gasteiger partial charge in [0, 0.05) is 42.0 Å². The molecule has 0 saturated heterocycles. The normalized spacial score (nSPS) is 17.0. The average Bonchev–Trinajstić information content (AvgIpc) is 3.03. The molecule has 3 rings (SSSR count). The Balaban J connectivity index is 1.57. The van der Waals surface area contributed by atoms with Gasteiger partial charge in [-0.1, -0.05) is 0 Å². The number of nitrogens with zero attached hydrogens (tertiary/aromatic N) is 2. The van der Waals surface area contributed by atoms with Crippen LogP contribution in [0.5, 0.6) is 0 Å². The van der Waals surface area contributed by atoms with Crippen molar-refractivity contribution < 1.29 is 9.59 Å². The number of amides is 3. The van der Waals surface area contributed by atoms with Crippen molar-refractivity contribution in [1.82, 2.24) is 25.9 Å². The van der Waals surface area contributed by atoms with Crippen LogP contribution >= 0.6 is 11.3 Å². The Kier molecular flexibility index (Phi) is 5.08. The monoisotopic (exact) mass is 357 g/mol. The predicted octanol–water partition coefficient (Wildman–Crippen LogP) is 1.84. The molecule has 0 saturated carbocycles. The molecule has 0 aliphatic carbocycles. The van der Waals surface area contributed by atoms with E-state index in [0.29, 0.717) is 24.2 Å². The van der Waals surface area contributed by atoms with E-state index in [1.54, 1.807) is 37.6 Å². The van der Waals surface area contributed by atoms with Crippen molar-refractivity contribution in [3.63, 3.8) is 0 Å². The number of hydrogen-bond donors (Lipinski definition) is 3. The molecule has 3 N–H and O–H groups in total. The van der Waals surface area contributed by atoms with Crippen LogP contribution in [0.3, 0.4) is 0 Å². The van der Waals surface area contributed by atoms with Gasteiger partial charge in [0.15, 0.2) is 0 Å². The van der Waals surface area contributed by atoms with Crippen molar-refractivity contribution in [2.24, 2.45) is 0 Å². The fourth-order valence-electron chi connectivity index (χ4n) is 2.68. The van der Waals surface area contributed by atoms with Crippen LogP contribution in [0.1, 0.15) is 19.5 Å². The summed E-state index contributed by atoms with van der Waals surface area (Å²) in [6.07, 6.45) is 4.15. The first-order chi connectivity index (χ1) is 12.0. The van der Waals surface area contributed by atoms with Gasteiger partial charge >= 0.3 is 6.03 Å². The maximum absolute atomic E-state index is 12.4. The first-order valence-electron chi connectivity index (χ1n) is 7.96. The highest BCUT2D eigenvalue weighted by atomic mass is 32.1. The molecule has 0 radical (unpaired) electrons. The fraction of sp³-hybridized carbons (Fsp3) is 0.294. The first kappa shape index (κ1) is 17.1. The molecular weight excluding hydrogens is 338 g/mol. The van der Waals surface area contributed by atoms with Crippen molar-refractivity contribution in [1.29, 1.82) is 0 Å². The lowest BCUT2D eigenvalue weighted by Crippen LogP contribution is -2.50. The fourth-order valence-corrected chi connectivity index (χ4v) is 3.52. The Morgan fingerprint density at radius 3 is 3.00 bits per heavy atom. The number of hydrogen-bond acceptors (Lipinski definition) is 5. The summed E-state index contributed by atoms with van der Waals surface area (Å²) in [4.78, 5) is 32.4. The molecule has 25 heavy (non-hydrogen) atoms. The van der Waals surface area contributed by atoms with E-state index in [0.717, 1.165) is 16.3 Å².